The first-order chi connectivity index (χ1) is 10.2. The van der Waals surface area contributed by atoms with Crippen LogP contribution in [-0.4, -0.2) is 51.2 Å². The molecule has 1 aromatic rings. The Bertz CT molecular complexity index is 538. The van der Waals surface area contributed by atoms with Crippen LogP contribution in [0.4, 0.5) is 0 Å². The standard InChI is InChI=1S/C16H22N2O3/c1-20-13-4-3-12(9-14(13)21-2)15(19)18-8-6-16(11-18)5-7-17-10-16/h3-4,9,17H,5-8,10-11H2,1-2H3. The molecule has 1 N–H and O–H groups in total. The van der Waals surface area contributed by atoms with Gasteiger partial charge in [-0.3, -0.25) is 4.79 Å². The second-order valence-electron chi connectivity index (χ2n) is 5.97. The molecule has 5 heteroatoms. The first-order valence-electron chi connectivity index (χ1n) is 7.39. The Balaban J connectivity index is 1.76. The van der Waals surface area contributed by atoms with Crippen LogP contribution in [0.2, 0.25) is 0 Å². The fourth-order valence-corrected chi connectivity index (χ4v) is 3.40. The number of methoxy groups -OCH3 is 2. The molecule has 0 radical (unpaired) electrons. The molecular formula is C16H22N2O3. The van der Waals surface area contributed by atoms with Crippen molar-refractivity contribution >= 4 is 5.91 Å². The third-order valence-electron chi connectivity index (χ3n) is 4.69. The molecule has 1 amide bonds. The fourth-order valence-electron chi connectivity index (χ4n) is 3.40. The van der Waals surface area contributed by atoms with E-state index in [1.165, 1.54) is 6.42 Å². The Morgan fingerprint density at radius 2 is 2.05 bits per heavy atom. The summed E-state index contributed by atoms with van der Waals surface area (Å²) >= 11 is 0. The summed E-state index contributed by atoms with van der Waals surface area (Å²) in [6.45, 7) is 3.79. The van der Waals surface area contributed by atoms with Crippen LogP contribution in [0.25, 0.3) is 0 Å². The number of benzene rings is 1. The normalized spacial score (nSPS) is 24.6. The van der Waals surface area contributed by atoms with Gasteiger partial charge in [0.1, 0.15) is 0 Å². The third kappa shape index (κ3) is 2.58. The minimum atomic E-state index is 0.0831. The number of hydrogen-bond donors (Lipinski definition) is 1. The third-order valence-corrected chi connectivity index (χ3v) is 4.69. The van der Waals surface area contributed by atoms with Gasteiger partial charge in [-0.1, -0.05) is 0 Å². The maximum absolute atomic E-state index is 12.7. The van der Waals surface area contributed by atoms with Crippen LogP contribution in [-0.2, 0) is 0 Å². The topological polar surface area (TPSA) is 50.8 Å². The zero-order chi connectivity index (χ0) is 14.9. The smallest absolute Gasteiger partial charge is 0.254 e. The van der Waals surface area contributed by atoms with Crippen molar-refractivity contribution in [1.29, 1.82) is 0 Å². The molecule has 3 rings (SSSR count). The van der Waals surface area contributed by atoms with Crippen LogP contribution in [0.15, 0.2) is 18.2 Å². The van der Waals surface area contributed by atoms with Crippen molar-refractivity contribution < 1.29 is 14.3 Å². The predicted molar refractivity (Wildman–Crippen MR) is 80.0 cm³/mol. The zero-order valence-corrected chi connectivity index (χ0v) is 12.6. The lowest BCUT2D eigenvalue weighted by atomic mass is 9.86. The Morgan fingerprint density at radius 1 is 1.24 bits per heavy atom. The van der Waals surface area contributed by atoms with Crippen molar-refractivity contribution in [2.75, 3.05) is 40.4 Å². The molecule has 2 saturated heterocycles. The van der Waals surface area contributed by atoms with Crippen LogP contribution in [0, 0.1) is 5.41 Å². The van der Waals surface area contributed by atoms with Crippen LogP contribution in [0.3, 0.4) is 0 Å². The molecule has 0 aromatic heterocycles. The van der Waals surface area contributed by atoms with E-state index in [4.69, 9.17) is 9.47 Å². The highest BCUT2D eigenvalue weighted by Gasteiger charge is 2.42. The lowest BCUT2D eigenvalue weighted by molar-refractivity contribution is 0.0775. The summed E-state index contributed by atoms with van der Waals surface area (Å²) in [5.74, 6) is 1.33. The second kappa shape index (κ2) is 5.56. The number of hydrogen-bond acceptors (Lipinski definition) is 4. The van der Waals surface area contributed by atoms with Gasteiger partial charge in [-0.15, -0.1) is 0 Å². The second-order valence-corrected chi connectivity index (χ2v) is 5.97. The maximum atomic E-state index is 12.7. The van der Waals surface area contributed by atoms with E-state index in [1.807, 2.05) is 11.0 Å². The van der Waals surface area contributed by atoms with E-state index >= 15 is 0 Å². The van der Waals surface area contributed by atoms with E-state index < -0.39 is 0 Å². The molecule has 2 heterocycles. The number of nitrogens with zero attached hydrogens (tertiary/aromatic N) is 1. The molecule has 1 atom stereocenters. The van der Waals surface area contributed by atoms with Gasteiger partial charge in [-0.05, 0) is 37.6 Å². The number of carbonyl (C=O) groups excluding carboxylic acids is 1. The quantitative estimate of drug-likeness (QED) is 0.917. The van der Waals surface area contributed by atoms with Gasteiger partial charge >= 0.3 is 0 Å². The zero-order valence-electron chi connectivity index (χ0n) is 12.6. The lowest BCUT2D eigenvalue weighted by Crippen LogP contribution is -2.33. The monoisotopic (exact) mass is 290 g/mol. The first-order valence-corrected chi connectivity index (χ1v) is 7.39. The Morgan fingerprint density at radius 3 is 2.71 bits per heavy atom. The van der Waals surface area contributed by atoms with Crippen LogP contribution in [0.5, 0.6) is 11.5 Å². The molecule has 0 saturated carbocycles. The van der Waals surface area contributed by atoms with Crippen LogP contribution >= 0.6 is 0 Å². The highest BCUT2D eigenvalue weighted by atomic mass is 16.5. The van der Waals surface area contributed by atoms with Crippen molar-refractivity contribution in [3.63, 3.8) is 0 Å². The molecule has 1 unspecified atom stereocenters. The maximum Gasteiger partial charge on any atom is 0.254 e. The van der Waals surface area contributed by atoms with Gasteiger partial charge in [0.15, 0.2) is 11.5 Å². The Labute approximate surface area is 125 Å². The molecule has 0 bridgehead atoms. The summed E-state index contributed by atoms with van der Waals surface area (Å²) in [4.78, 5) is 14.6. The fraction of sp³-hybridized carbons (Fsp3) is 0.562. The van der Waals surface area contributed by atoms with E-state index in [2.05, 4.69) is 5.32 Å². The van der Waals surface area contributed by atoms with Gasteiger partial charge in [-0.2, -0.15) is 0 Å². The molecule has 1 spiro atoms. The SMILES string of the molecule is COc1ccc(C(=O)N2CCC3(CCNC3)C2)cc1OC. The predicted octanol–water partition coefficient (Wildman–Crippen LogP) is 1.53. The summed E-state index contributed by atoms with van der Waals surface area (Å²) in [5.41, 5.74) is 0.960. The van der Waals surface area contributed by atoms with E-state index in [-0.39, 0.29) is 5.91 Å². The van der Waals surface area contributed by atoms with Crippen molar-refractivity contribution in [3.8, 4) is 11.5 Å². The molecule has 2 aliphatic rings. The molecule has 21 heavy (non-hydrogen) atoms. The van der Waals surface area contributed by atoms with Gasteiger partial charge < -0.3 is 19.7 Å². The number of rotatable bonds is 3. The van der Waals surface area contributed by atoms with Gasteiger partial charge in [0.2, 0.25) is 0 Å². The van der Waals surface area contributed by atoms with E-state index in [0.29, 0.717) is 22.5 Å². The van der Waals surface area contributed by atoms with Gasteiger partial charge in [0.05, 0.1) is 14.2 Å². The van der Waals surface area contributed by atoms with Crippen LogP contribution in [0.1, 0.15) is 23.2 Å². The summed E-state index contributed by atoms with van der Waals surface area (Å²) in [5, 5.41) is 3.41. The summed E-state index contributed by atoms with van der Waals surface area (Å²) < 4.78 is 10.5. The average molecular weight is 290 g/mol. The minimum Gasteiger partial charge on any atom is -0.493 e. The number of carbonyl (C=O) groups is 1. The lowest BCUT2D eigenvalue weighted by Gasteiger charge is -2.23. The molecule has 2 fully saturated rings. The highest BCUT2D eigenvalue weighted by Crippen LogP contribution is 2.37. The summed E-state index contributed by atoms with van der Waals surface area (Å²) in [6, 6.07) is 5.36. The van der Waals surface area contributed by atoms with Gasteiger partial charge in [-0.25, -0.2) is 0 Å². The minimum absolute atomic E-state index is 0.0831. The van der Waals surface area contributed by atoms with Gasteiger partial charge in [0.25, 0.3) is 5.91 Å². The molecule has 1 aromatic carbocycles. The molecule has 114 valence electrons. The van der Waals surface area contributed by atoms with E-state index in [1.54, 1.807) is 26.4 Å². The Hall–Kier alpha value is -1.75. The van der Waals surface area contributed by atoms with Crippen molar-refractivity contribution in [1.82, 2.24) is 10.2 Å². The van der Waals surface area contributed by atoms with E-state index in [0.717, 1.165) is 32.6 Å². The first kappa shape index (κ1) is 14.2. The molecule has 2 aliphatic heterocycles. The van der Waals surface area contributed by atoms with Crippen LogP contribution < -0.4 is 14.8 Å². The van der Waals surface area contributed by atoms with Crippen molar-refractivity contribution in [2.24, 2.45) is 5.41 Å². The van der Waals surface area contributed by atoms with Gasteiger partial charge in [0, 0.05) is 30.6 Å². The number of ether oxygens (including phenoxy) is 2. The summed E-state index contributed by atoms with van der Waals surface area (Å²) in [6.07, 6.45) is 2.27. The molecule has 0 aliphatic carbocycles. The number of amides is 1. The van der Waals surface area contributed by atoms with E-state index in [9.17, 15) is 4.79 Å². The number of nitrogens with one attached hydrogen (secondary N) is 1. The molecule has 5 nitrogen and oxygen atoms in total. The van der Waals surface area contributed by atoms with Crippen molar-refractivity contribution in [3.05, 3.63) is 23.8 Å². The summed E-state index contributed by atoms with van der Waals surface area (Å²) in [7, 11) is 3.18. The Kier molecular flexibility index (Phi) is 3.76. The van der Waals surface area contributed by atoms with Crippen molar-refractivity contribution in [2.45, 2.75) is 12.8 Å². The molecular weight excluding hydrogens is 268 g/mol. The number of likely N-dealkylation sites (tertiary alicyclic amines) is 1. The largest absolute Gasteiger partial charge is 0.493 e. The highest BCUT2D eigenvalue weighted by molar-refractivity contribution is 5.95. The average Bonchev–Trinajstić information content (AvgIpc) is 3.16.